The Morgan fingerprint density at radius 2 is 1.69 bits per heavy atom. The lowest BCUT2D eigenvalue weighted by Gasteiger charge is -2.34. The molecule has 0 amide bonds. The maximum atomic E-state index is 13.1. The fraction of sp³-hybridized carbons (Fsp3) is 0.520. The first-order valence-corrected chi connectivity index (χ1v) is 10.8. The van der Waals surface area contributed by atoms with Crippen LogP contribution in [0.5, 0.6) is 0 Å². The summed E-state index contributed by atoms with van der Waals surface area (Å²) < 4.78 is 17.4. The monoisotopic (exact) mass is 442 g/mol. The van der Waals surface area contributed by atoms with Crippen LogP contribution in [0.3, 0.4) is 0 Å². The van der Waals surface area contributed by atoms with Crippen molar-refractivity contribution in [2.75, 3.05) is 0 Å². The minimum absolute atomic E-state index is 0.133. The number of carbonyl (C=O) groups is 4. The topological polar surface area (TPSA) is 96.0 Å². The summed E-state index contributed by atoms with van der Waals surface area (Å²) in [6, 6.07) is 0. The van der Waals surface area contributed by atoms with Crippen LogP contribution in [-0.2, 0) is 33.4 Å². The van der Waals surface area contributed by atoms with E-state index in [1.54, 1.807) is 45.9 Å². The van der Waals surface area contributed by atoms with E-state index < -0.39 is 47.6 Å². The van der Waals surface area contributed by atoms with Crippen LogP contribution < -0.4 is 0 Å². The molecular formula is C25H30O7. The number of hydrogen-bond acceptors (Lipinski definition) is 7. The third kappa shape index (κ3) is 3.74. The average Bonchev–Trinajstić information content (AvgIpc) is 3.12. The molecular weight excluding hydrogens is 412 g/mol. The van der Waals surface area contributed by atoms with Crippen molar-refractivity contribution in [2.45, 2.75) is 72.7 Å². The van der Waals surface area contributed by atoms with Crippen molar-refractivity contribution < 1.29 is 33.4 Å². The van der Waals surface area contributed by atoms with E-state index in [4.69, 9.17) is 14.2 Å². The zero-order chi connectivity index (χ0) is 24.0. The van der Waals surface area contributed by atoms with E-state index >= 15 is 0 Å². The lowest BCUT2D eigenvalue weighted by molar-refractivity contribution is -0.175. The minimum Gasteiger partial charge on any atom is -0.458 e. The van der Waals surface area contributed by atoms with Crippen molar-refractivity contribution in [2.24, 2.45) is 11.8 Å². The van der Waals surface area contributed by atoms with Gasteiger partial charge in [0.1, 0.15) is 12.2 Å². The molecule has 0 spiro atoms. The van der Waals surface area contributed by atoms with Gasteiger partial charge in [-0.2, -0.15) is 0 Å². The first kappa shape index (κ1) is 23.7. The van der Waals surface area contributed by atoms with E-state index in [0.29, 0.717) is 16.7 Å². The Kier molecular flexibility index (Phi) is 6.31. The summed E-state index contributed by atoms with van der Waals surface area (Å²) in [5.41, 5.74) is 1.18. The molecule has 7 nitrogen and oxygen atoms in total. The molecule has 172 valence electrons. The van der Waals surface area contributed by atoms with Gasteiger partial charge in [-0.25, -0.2) is 14.4 Å². The Morgan fingerprint density at radius 3 is 2.28 bits per heavy atom. The standard InChI is InChI=1S/C25H30O7/c1-8-12(3)22(27)30-17-11-15(6)18-16(26)10-14(5)19(18)21-20(17)25(7,24(29)31-21)32-23(28)13(4)9-2/h8-10,17,19-21H,11H2,1-7H3/b12-8+,13-9+/t17-,19+,20-,21-,25-/m0/s1. The van der Waals surface area contributed by atoms with Crippen molar-refractivity contribution in [3.63, 3.8) is 0 Å². The number of ketones is 1. The van der Waals surface area contributed by atoms with Gasteiger partial charge in [0.15, 0.2) is 5.78 Å². The molecule has 2 aliphatic carbocycles. The minimum atomic E-state index is -1.68. The summed E-state index contributed by atoms with van der Waals surface area (Å²) >= 11 is 0. The number of allylic oxidation sites excluding steroid dienone is 3. The van der Waals surface area contributed by atoms with Crippen LogP contribution in [0.4, 0.5) is 0 Å². The van der Waals surface area contributed by atoms with Crippen LogP contribution in [-0.4, -0.2) is 41.5 Å². The summed E-state index contributed by atoms with van der Waals surface area (Å²) in [5, 5.41) is 0. The fourth-order valence-electron chi connectivity index (χ4n) is 4.76. The SMILES string of the molecule is C/C=C(\C)C(=O)O[C@H]1CC(C)=C2C(=O)C=C(C)[C@H]2[C@@H]2OC(=O)[C@@](C)(OC(=O)/C(C)=C/C)[C@H]21. The Balaban J connectivity index is 2.12. The Labute approximate surface area is 188 Å². The number of rotatable bonds is 4. The molecule has 0 aromatic rings. The quantitative estimate of drug-likeness (QED) is 0.373. The van der Waals surface area contributed by atoms with Crippen molar-refractivity contribution in [3.05, 3.63) is 46.1 Å². The maximum absolute atomic E-state index is 13.1. The third-order valence-corrected chi connectivity index (χ3v) is 6.83. The van der Waals surface area contributed by atoms with Crippen LogP contribution in [0.1, 0.15) is 54.9 Å². The van der Waals surface area contributed by atoms with Crippen molar-refractivity contribution in [3.8, 4) is 0 Å². The molecule has 3 aliphatic rings. The maximum Gasteiger partial charge on any atom is 0.351 e. The van der Waals surface area contributed by atoms with E-state index in [9.17, 15) is 19.2 Å². The Hall–Kier alpha value is -2.96. The summed E-state index contributed by atoms with van der Waals surface area (Å²) in [4.78, 5) is 51.1. The van der Waals surface area contributed by atoms with E-state index in [0.717, 1.165) is 11.1 Å². The van der Waals surface area contributed by atoms with Gasteiger partial charge in [-0.05, 0) is 54.5 Å². The Morgan fingerprint density at radius 1 is 1.09 bits per heavy atom. The number of ether oxygens (including phenoxy) is 3. The molecule has 0 bridgehead atoms. The van der Waals surface area contributed by atoms with Gasteiger partial charge < -0.3 is 14.2 Å². The summed E-state index contributed by atoms with van der Waals surface area (Å²) in [7, 11) is 0. The van der Waals surface area contributed by atoms with Gasteiger partial charge in [0.25, 0.3) is 0 Å². The van der Waals surface area contributed by atoms with Gasteiger partial charge in [0.2, 0.25) is 5.60 Å². The van der Waals surface area contributed by atoms with E-state index in [1.165, 1.54) is 6.92 Å². The third-order valence-electron chi connectivity index (χ3n) is 6.83. The number of fused-ring (bicyclic) bond motifs is 3. The highest BCUT2D eigenvalue weighted by Gasteiger charge is 2.65. The zero-order valence-corrected chi connectivity index (χ0v) is 19.6. The fourth-order valence-corrected chi connectivity index (χ4v) is 4.76. The van der Waals surface area contributed by atoms with Crippen LogP contribution >= 0.6 is 0 Å². The molecule has 32 heavy (non-hydrogen) atoms. The highest BCUT2D eigenvalue weighted by molar-refractivity contribution is 6.09. The predicted molar refractivity (Wildman–Crippen MR) is 116 cm³/mol. The Bertz CT molecular complexity index is 1010. The molecule has 3 rings (SSSR count). The molecule has 0 aromatic carbocycles. The van der Waals surface area contributed by atoms with Gasteiger partial charge in [0.05, 0.1) is 5.92 Å². The van der Waals surface area contributed by atoms with Crippen LogP contribution in [0.2, 0.25) is 0 Å². The number of carbonyl (C=O) groups excluding carboxylic acids is 4. The molecule has 0 unspecified atom stereocenters. The van der Waals surface area contributed by atoms with Gasteiger partial charge in [0, 0.05) is 29.1 Å². The highest BCUT2D eigenvalue weighted by atomic mass is 16.6. The normalized spacial score (nSPS) is 32.7. The first-order chi connectivity index (χ1) is 15.0. The second-order valence-electron chi connectivity index (χ2n) is 8.91. The van der Waals surface area contributed by atoms with E-state index in [1.807, 2.05) is 13.8 Å². The average molecular weight is 443 g/mol. The molecule has 0 saturated carbocycles. The summed E-state index contributed by atoms with van der Waals surface area (Å²) in [6.07, 6.45) is 3.39. The smallest absolute Gasteiger partial charge is 0.351 e. The predicted octanol–water partition coefficient (Wildman–Crippen LogP) is 3.54. The molecule has 1 heterocycles. The largest absolute Gasteiger partial charge is 0.458 e. The van der Waals surface area contributed by atoms with Gasteiger partial charge in [-0.15, -0.1) is 0 Å². The molecule has 1 saturated heterocycles. The molecule has 0 N–H and O–H groups in total. The number of esters is 3. The van der Waals surface area contributed by atoms with Crippen LogP contribution in [0.15, 0.2) is 46.1 Å². The van der Waals surface area contributed by atoms with E-state index in [2.05, 4.69) is 0 Å². The zero-order valence-electron chi connectivity index (χ0n) is 19.6. The molecule has 0 radical (unpaired) electrons. The summed E-state index contributed by atoms with van der Waals surface area (Å²) in [6.45, 7) is 11.8. The number of hydrogen-bond donors (Lipinski definition) is 0. The van der Waals surface area contributed by atoms with Gasteiger partial charge >= 0.3 is 17.9 Å². The molecule has 0 aromatic heterocycles. The molecule has 1 aliphatic heterocycles. The lowest BCUT2D eigenvalue weighted by Crippen LogP contribution is -2.50. The second-order valence-corrected chi connectivity index (χ2v) is 8.91. The molecule has 7 heteroatoms. The van der Waals surface area contributed by atoms with Crippen molar-refractivity contribution >= 4 is 23.7 Å². The molecule has 5 atom stereocenters. The lowest BCUT2D eigenvalue weighted by atomic mass is 9.77. The van der Waals surface area contributed by atoms with Crippen molar-refractivity contribution in [1.82, 2.24) is 0 Å². The van der Waals surface area contributed by atoms with Crippen molar-refractivity contribution in [1.29, 1.82) is 0 Å². The summed E-state index contributed by atoms with van der Waals surface area (Å²) in [5.74, 6) is -3.27. The highest BCUT2D eigenvalue weighted by Crippen LogP contribution is 2.51. The van der Waals surface area contributed by atoms with Gasteiger partial charge in [-0.3, -0.25) is 4.79 Å². The van der Waals surface area contributed by atoms with E-state index in [-0.39, 0.29) is 12.2 Å². The van der Waals surface area contributed by atoms with Crippen LogP contribution in [0, 0.1) is 11.8 Å². The van der Waals surface area contributed by atoms with Gasteiger partial charge in [-0.1, -0.05) is 23.3 Å². The first-order valence-electron chi connectivity index (χ1n) is 10.8. The second kappa shape index (κ2) is 8.52. The molecule has 1 fully saturated rings. The van der Waals surface area contributed by atoms with Crippen LogP contribution in [0.25, 0.3) is 0 Å².